The molecule has 0 bridgehead atoms. The van der Waals surface area contributed by atoms with Gasteiger partial charge in [0.05, 0.1) is 13.7 Å². The zero-order valence-corrected chi connectivity index (χ0v) is 10.3. The molecule has 0 saturated carbocycles. The van der Waals surface area contributed by atoms with Gasteiger partial charge in [0.2, 0.25) is 0 Å². The smallest absolute Gasteiger partial charge is 0.341 e. The molecule has 0 aliphatic rings. The lowest BCUT2D eigenvalue weighted by atomic mass is 10.2. The average molecular weight is 241 g/mol. The molecule has 1 aromatic heterocycles. The Morgan fingerprint density at radius 1 is 1.53 bits per heavy atom. The third kappa shape index (κ3) is 4.20. The van der Waals surface area contributed by atoms with Gasteiger partial charge >= 0.3 is 5.97 Å². The number of hydrogen-bond acceptors (Lipinski definition) is 5. The minimum Gasteiger partial charge on any atom is -0.465 e. The van der Waals surface area contributed by atoms with Gasteiger partial charge in [-0.3, -0.25) is 0 Å². The van der Waals surface area contributed by atoms with Gasteiger partial charge in [-0.15, -0.1) is 0 Å². The van der Waals surface area contributed by atoms with E-state index in [4.69, 9.17) is 9.52 Å². The van der Waals surface area contributed by atoms with E-state index < -0.39 is 0 Å². The number of carbonyl (C=O) groups excluding carboxylic acids is 1. The van der Waals surface area contributed by atoms with Crippen LogP contribution < -0.4 is 5.32 Å². The fraction of sp³-hybridized carbons (Fsp3) is 0.583. The van der Waals surface area contributed by atoms with E-state index in [1.807, 2.05) is 0 Å². The van der Waals surface area contributed by atoms with Gasteiger partial charge in [0.15, 0.2) is 0 Å². The van der Waals surface area contributed by atoms with Crippen molar-refractivity contribution >= 4 is 5.97 Å². The third-order valence-electron chi connectivity index (χ3n) is 2.44. The van der Waals surface area contributed by atoms with Gasteiger partial charge < -0.3 is 19.6 Å². The lowest BCUT2D eigenvalue weighted by Gasteiger charge is -2.00. The molecule has 2 N–H and O–H groups in total. The fourth-order valence-corrected chi connectivity index (χ4v) is 1.52. The first-order valence-electron chi connectivity index (χ1n) is 5.68. The van der Waals surface area contributed by atoms with Crippen LogP contribution in [0.2, 0.25) is 0 Å². The van der Waals surface area contributed by atoms with Gasteiger partial charge in [-0.25, -0.2) is 4.79 Å². The summed E-state index contributed by atoms with van der Waals surface area (Å²) >= 11 is 0. The Morgan fingerprint density at radius 2 is 2.29 bits per heavy atom. The lowest BCUT2D eigenvalue weighted by Crippen LogP contribution is -2.14. The summed E-state index contributed by atoms with van der Waals surface area (Å²) in [4.78, 5) is 11.3. The molecule has 0 unspecified atom stereocenters. The summed E-state index contributed by atoms with van der Waals surface area (Å²) in [6, 6.07) is 1.69. The van der Waals surface area contributed by atoms with Crippen molar-refractivity contribution in [3.8, 4) is 0 Å². The number of nitrogens with one attached hydrogen (secondary N) is 1. The molecule has 17 heavy (non-hydrogen) atoms. The van der Waals surface area contributed by atoms with Crippen LogP contribution in [-0.4, -0.2) is 31.3 Å². The Bertz CT molecular complexity index is 359. The number of hydrogen-bond donors (Lipinski definition) is 2. The van der Waals surface area contributed by atoms with Crippen LogP contribution in [-0.2, 0) is 11.3 Å². The molecule has 5 heteroatoms. The van der Waals surface area contributed by atoms with Crippen LogP contribution in [0.1, 0.15) is 34.7 Å². The molecule has 0 aliphatic heterocycles. The standard InChI is InChI=1S/C12H19NO4/c1-9-11(12(15)16-2)7-10(17-9)8-13-5-3-4-6-14/h7,13-14H,3-6,8H2,1-2H3. The maximum absolute atomic E-state index is 11.3. The van der Waals surface area contributed by atoms with Gasteiger partial charge in [-0.05, 0) is 32.4 Å². The highest BCUT2D eigenvalue weighted by Crippen LogP contribution is 2.15. The van der Waals surface area contributed by atoms with Gasteiger partial charge in [-0.1, -0.05) is 0 Å². The Kier molecular flexibility index (Phi) is 5.72. The third-order valence-corrected chi connectivity index (χ3v) is 2.44. The molecular formula is C12H19NO4. The van der Waals surface area contributed by atoms with E-state index in [1.165, 1.54) is 7.11 Å². The highest BCUT2D eigenvalue weighted by Gasteiger charge is 2.14. The van der Waals surface area contributed by atoms with Crippen LogP contribution in [0.15, 0.2) is 10.5 Å². The molecule has 0 radical (unpaired) electrons. The second-order valence-electron chi connectivity index (χ2n) is 3.78. The maximum atomic E-state index is 11.3. The lowest BCUT2D eigenvalue weighted by molar-refractivity contribution is 0.0599. The number of aliphatic hydroxyl groups is 1. The summed E-state index contributed by atoms with van der Waals surface area (Å²) in [5, 5.41) is 11.8. The Labute approximate surface area is 101 Å². The van der Waals surface area contributed by atoms with Crippen molar-refractivity contribution in [1.82, 2.24) is 5.32 Å². The first-order valence-corrected chi connectivity index (χ1v) is 5.68. The topological polar surface area (TPSA) is 71.7 Å². The van der Waals surface area contributed by atoms with Crippen molar-refractivity contribution in [3.05, 3.63) is 23.2 Å². The van der Waals surface area contributed by atoms with E-state index in [2.05, 4.69) is 10.1 Å². The van der Waals surface area contributed by atoms with Crippen LogP contribution in [0, 0.1) is 6.92 Å². The number of aliphatic hydroxyl groups excluding tert-OH is 1. The summed E-state index contributed by atoms with van der Waals surface area (Å²) in [5.41, 5.74) is 0.472. The summed E-state index contributed by atoms with van der Waals surface area (Å²) < 4.78 is 10.1. The SMILES string of the molecule is COC(=O)c1cc(CNCCCCO)oc1C. The minimum atomic E-state index is -0.377. The highest BCUT2D eigenvalue weighted by atomic mass is 16.5. The Morgan fingerprint density at radius 3 is 2.94 bits per heavy atom. The van der Waals surface area contributed by atoms with Crippen molar-refractivity contribution in [2.45, 2.75) is 26.3 Å². The van der Waals surface area contributed by atoms with Crippen molar-refractivity contribution in [2.75, 3.05) is 20.3 Å². The monoisotopic (exact) mass is 241 g/mol. The number of rotatable bonds is 7. The largest absolute Gasteiger partial charge is 0.465 e. The van der Waals surface area contributed by atoms with E-state index in [0.29, 0.717) is 23.6 Å². The number of esters is 1. The molecule has 0 atom stereocenters. The number of furan rings is 1. The number of aryl methyl sites for hydroxylation is 1. The quantitative estimate of drug-likeness (QED) is 0.555. The predicted octanol–water partition coefficient (Wildman–Crippen LogP) is 1.24. The first-order chi connectivity index (χ1) is 8.19. The molecule has 0 fully saturated rings. The van der Waals surface area contributed by atoms with E-state index in [0.717, 1.165) is 19.4 Å². The molecule has 0 spiro atoms. The highest BCUT2D eigenvalue weighted by molar-refractivity contribution is 5.90. The maximum Gasteiger partial charge on any atom is 0.341 e. The van der Waals surface area contributed by atoms with Gasteiger partial charge in [0.25, 0.3) is 0 Å². The molecule has 0 aliphatic carbocycles. The Hall–Kier alpha value is -1.33. The predicted molar refractivity (Wildman–Crippen MR) is 62.8 cm³/mol. The molecule has 0 aromatic carbocycles. The van der Waals surface area contributed by atoms with Crippen LogP contribution in [0.3, 0.4) is 0 Å². The van der Waals surface area contributed by atoms with Crippen molar-refractivity contribution in [3.63, 3.8) is 0 Å². The van der Waals surface area contributed by atoms with E-state index in [1.54, 1.807) is 13.0 Å². The zero-order valence-electron chi connectivity index (χ0n) is 10.3. The number of ether oxygens (including phenoxy) is 1. The van der Waals surface area contributed by atoms with Crippen molar-refractivity contribution in [2.24, 2.45) is 0 Å². The minimum absolute atomic E-state index is 0.216. The number of methoxy groups -OCH3 is 1. The summed E-state index contributed by atoms with van der Waals surface area (Å²) in [6.07, 6.45) is 1.71. The van der Waals surface area contributed by atoms with E-state index in [9.17, 15) is 4.79 Å². The molecule has 96 valence electrons. The molecular weight excluding hydrogens is 222 g/mol. The number of unbranched alkanes of at least 4 members (excludes halogenated alkanes) is 1. The molecule has 5 nitrogen and oxygen atoms in total. The summed E-state index contributed by atoms with van der Waals surface area (Å²) in [6.45, 7) is 3.34. The Balaban J connectivity index is 2.42. The van der Waals surface area contributed by atoms with Crippen molar-refractivity contribution in [1.29, 1.82) is 0 Å². The average Bonchev–Trinajstić information content (AvgIpc) is 2.69. The summed E-state index contributed by atoms with van der Waals surface area (Å²) in [5.74, 6) is 0.911. The van der Waals surface area contributed by atoms with E-state index >= 15 is 0 Å². The molecule has 1 rings (SSSR count). The second kappa shape index (κ2) is 7.09. The van der Waals surface area contributed by atoms with E-state index in [-0.39, 0.29) is 12.6 Å². The molecule has 1 aromatic rings. The molecule has 0 saturated heterocycles. The van der Waals surface area contributed by atoms with Crippen LogP contribution in [0.4, 0.5) is 0 Å². The van der Waals surface area contributed by atoms with Crippen LogP contribution in [0.25, 0.3) is 0 Å². The number of carbonyl (C=O) groups is 1. The van der Waals surface area contributed by atoms with Crippen LogP contribution in [0.5, 0.6) is 0 Å². The second-order valence-corrected chi connectivity index (χ2v) is 3.78. The fourth-order valence-electron chi connectivity index (χ4n) is 1.52. The summed E-state index contributed by atoms with van der Waals surface area (Å²) in [7, 11) is 1.35. The van der Waals surface area contributed by atoms with Gasteiger partial charge in [0.1, 0.15) is 17.1 Å². The van der Waals surface area contributed by atoms with Crippen molar-refractivity contribution < 1.29 is 19.1 Å². The normalized spacial score (nSPS) is 10.5. The van der Waals surface area contributed by atoms with Crippen LogP contribution >= 0.6 is 0 Å². The van der Waals surface area contributed by atoms with Gasteiger partial charge in [-0.2, -0.15) is 0 Å². The first kappa shape index (κ1) is 13.7. The van der Waals surface area contributed by atoms with Gasteiger partial charge in [0, 0.05) is 6.61 Å². The molecule has 1 heterocycles. The zero-order chi connectivity index (χ0) is 12.7. The molecule has 0 amide bonds.